The largest absolute Gasteiger partial charge is 0.405 e. The molecule has 2 aliphatic rings. The van der Waals surface area contributed by atoms with E-state index in [4.69, 9.17) is 0 Å². The van der Waals surface area contributed by atoms with E-state index in [1.54, 1.807) is 5.32 Å². The Morgan fingerprint density at radius 3 is 2.48 bits per heavy atom. The molecule has 2 fully saturated rings. The summed E-state index contributed by atoms with van der Waals surface area (Å²) in [7, 11) is 0. The van der Waals surface area contributed by atoms with Crippen molar-refractivity contribution in [3.63, 3.8) is 0 Å². The molecule has 21 heavy (non-hydrogen) atoms. The van der Waals surface area contributed by atoms with E-state index >= 15 is 0 Å². The smallest absolute Gasteiger partial charge is 0.347 e. The molecule has 0 atom stereocenters. The molecule has 9 heteroatoms. The van der Waals surface area contributed by atoms with Crippen molar-refractivity contribution in [1.82, 2.24) is 15.5 Å². The van der Waals surface area contributed by atoms with E-state index in [0.717, 1.165) is 17.7 Å². The van der Waals surface area contributed by atoms with E-state index in [1.165, 1.54) is 0 Å². The topological polar surface area (TPSA) is 78.5 Å². The van der Waals surface area contributed by atoms with Gasteiger partial charge in [0, 0.05) is 13.0 Å². The highest BCUT2D eigenvalue weighted by Gasteiger charge is 2.52. The molecular formula is C12H16F3N3O3. The number of carbonyl (C=O) groups is 3. The van der Waals surface area contributed by atoms with Crippen LogP contribution >= 0.6 is 0 Å². The van der Waals surface area contributed by atoms with Crippen LogP contribution < -0.4 is 10.6 Å². The van der Waals surface area contributed by atoms with Crippen LogP contribution in [0.3, 0.4) is 0 Å². The SMILES string of the molecule is O=C(CCN1C(=O)NC2(CCCC2)C1=O)NCC(F)(F)F. The lowest BCUT2D eigenvalue weighted by molar-refractivity contribution is -0.139. The molecule has 2 rings (SSSR count). The van der Waals surface area contributed by atoms with Crippen molar-refractivity contribution in [2.24, 2.45) is 0 Å². The lowest BCUT2D eigenvalue weighted by atomic mass is 9.98. The highest BCUT2D eigenvalue weighted by molar-refractivity contribution is 6.07. The molecule has 1 saturated carbocycles. The normalized spacial score (nSPS) is 21.0. The van der Waals surface area contributed by atoms with Gasteiger partial charge in [-0.3, -0.25) is 14.5 Å². The summed E-state index contributed by atoms with van der Waals surface area (Å²) in [6.07, 6.45) is -2.02. The molecule has 0 radical (unpaired) electrons. The third-order valence-electron chi connectivity index (χ3n) is 3.75. The van der Waals surface area contributed by atoms with E-state index in [-0.39, 0.29) is 18.9 Å². The summed E-state index contributed by atoms with van der Waals surface area (Å²) in [5.74, 6) is -1.23. The molecule has 4 amide bonds. The van der Waals surface area contributed by atoms with E-state index < -0.39 is 30.2 Å². The minimum absolute atomic E-state index is 0.212. The van der Waals surface area contributed by atoms with Crippen molar-refractivity contribution < 1.29 is 27.6 Å². The molecule has 0 aromatic heterocycles. The van der Waals surface area contributed by atoms with E-state index in [2.05, 4.69) is 5.32 Å². The van der Waals surface area contributed by atoms with Gasteiger partial charge < -0.3 is 10.6 Å². The first-order valence-electron chi connectivity index (χ1n) is 6.71. The molecule has 0 unspecified atom stereocenters. The Hall–Kier alpha value is -1.80. The van der Waals surface area contributed by atoms with E-state index in [1.807, 2.05) is 0 Å². The molecular weight excluding hydrogens is 291 g/mol. The fraction of sp³-hybridized carbons (Fsp3) is 0.750. The maximum Gasteiger partial charge on any atom is 0.405 e. The number of urea groups is 1. The standard InChI is InChI=1S/C12H16F3N3O3/c13-12(14,15)7-16-8(19)3-6-18-9(20)11(17-10(18)21)4-1-2-5-11/h1-7H2,(H,16,19)(H,17,21). The van der Waals surface area contributed by atoms with Gasteiger partial charge in [0.05, 0.1) is 0 Å². The average molecular weight is 307 g/mol. The first kappa shape index (κ1) is 15.6. The van der Waals surface area contributed by atoms with Crippen molar-refractivity contribution in [3.05, 3.63) is 0 Å². The van der Waals surface area contributed by atoms with Crippen LogP contribution in [0.2, 0.25) is 0 Å². The number of alkyl halides is 3. The molecule has 0 aromatic carbocycles. The second-order valence-electron chi connectivity index (χ2n) is 5.32. The summed E-state index contributed by atoms with van der Waals surface area (Å²) in [4.78, 5) is 36.2. The Morgan fingerprint density at radius 1 is 1.29 bits per heavy atom. The van der Waals surface area contributed by atoms with Crippen LogP contribution in [0.5, 0.6) is 0 Å². The van der Waals surface area contributed by atoms with Crippen LogP contribution in [0.1, 0.15) is 32.1 Å². The maximum absolute atomic E-state index is 12.2. The Kier molecular flexibility index (Phi) is 4.11. The Morgan fingerprint density at radius 2 is 1.90 bits per heavy atom. The molecule has 1 heterocycles. The Balaban J connectivity index is 1.84. The zero-order valence-electron chi connectivity index (χ0n) is 11.3. The molecule has 1 saturated heterocycles. The predicted octanol–water partition coefficient (Wildman–Crippen LogP) is 0.920. The van der Waals surface area contributed by atoms with Crippen molar-refractivity contribution in [2.75, 3.05) is 13.1 Å². The van der Waals surface area contributed by atoms with Crippen molar-refractivity contribution in [2.45, 2.75) is 43.8 Å². The quantitative estimate of drug-likeness (QED) is 0.758. The zero-order chi connectivity index (χ0) is 15.7. The van der Waals surface area contributed by atoms with Gasteiger partial charge in [-0.25, -0.2) is 4.79 Å². The third-order valence-corrected chi connectivity index (χ3v) is 3.75. The number of halogens is 3. The van der Waals surface area contributed by atoms with Crippen LogP contribution in [0.4, 0.5) is 18.0 Å². The molecule has 0 aromatic rings. The molecule has 1 aliphatic heterocycles. The molecule has 118 valence electrons. The van der Waals surface area contributed by atoms with Crippen molar-refractivity contribution in [3.8, 4) is 0 Å². The lowest BCUT2D eigenvalue weighted by Gasteiger charge is -2.19. The molecule has 1 spiro atoms. The zero-order valence-corrected chi connectivity index (χ0v) is 11.3. The van der Waals surface area contributed by atoms with Crippen LogP contribution in [0.15, 0.2) is 0 Å². The second kappa shape index (κ2) is 5.53. The minimum Gasteiger partial charge on any atom is -0.347 e. The number of nitrogens with zero attached hydrogens (tertiary/aromatic N) is 1. The average Bonchev–Trinajstić information content (AvgIpc) is 2.93. The summed E-state index contributed by atoms with van der Waals surface area (Å²) in [6.45, 7) is -1.63. The maximum atomic E-state index is 12.2. The number of hydrogen-bond acceptors (Lipinski definition) is 3. The number of rotatable bonds is 4. The summed E-state index contributed by atoms with van der Waals surface area (Å²) >= 11 is 0. The predicted molar refractivity (Wildman–Crippen MR) is 65.1 cm³/mol. The molecule has 1 aliphatic carbocycles. The van der Waals surface area contributed by atoms with E-state index in [0.29, 0.717) is 12.8 Å². The van der Waals surface area contributed by atoms with E-state index in [9.17, 15) is 27.6 Å². The number of imide groups is 1. The number of nitrogens with one attached hydrogen (secondary N) is 2. The monoisotopic (exact) mass is 307 g/mol. The van der Waals surface area contributed by atoms with Crippen LogP contribution in [-0.2, 0) is 9.59 Å². The van der Waals surface area contributed by atoms with Crippen LogP contribution in [0.25, 0.3) is 0 Å². The van der Waals surface area contributed by atoms with Gasteiger partial charge in [0.2, 0.25) is 5.91 Å². The summed E-state index contributed by atoms with van der Waals surface area (Å²) in [6, 6.07) is -0.578. The summed E-state index contributed by atoms with van der Waals surface area (Å²) in [5, 5.41) is 4.34. The molecule has 6 nitrogen and oxygen atoms in total. The van der Waals surface area contributed by atoms with Gasteiger partial charge in [0.25, 0.3) is 5.91 Å². The van der Waals surface area contributed by atoms with Gasteiger partial charge in [-0.1, -0.05) is 12.8 Å². The first-order chi connectivity index (χ1) is 9.73. The van der Waals surface area contributed by atoms with Gasteiger partial charge >= 0.3 is 12.2 Å². The highest BCUT2D eigenvalue weighted by Crippen LogP contribution is 2.34. The molecule has 2 N–H and O–H groups in total. The molecule has 0 bridgehead atoms. The Bertz CT molecular complexity index is 458. The third kappa shape index (κ3) is 3.45. The fourth-order valence-electron chi connectivity index (χ4n) is 2.70. The van der Waals surface area contributed by atoms with Crippen LogP contribution in [0, 0.1) is 0 Å². The lowest BCUT2D eigenvalue weighted by Crippen LogP contribution is -2.44. The summed E-state index contributed by atoms with van der Waals surface area (Å²) < 4.78 is 35.8. The number of amides is 4. The number of hydrogen-bond donors (Lipinski definition) is 2. The fourth-order valence-corrected chi connectivity index (χ4v) is 2.70. The van der Waals surface area contributed by atoms with Gasteiger partial charge in [-0.2, -0.15) is 13.2 Å². The minimum atomic E-state index is -4.48. The van der Waals surface area contributed by atoms with Crippen molar-refractivity contribution in [1.29, 1.82) is 0 Å². The van der Waals surface area contributed by atoms with Gasteiger partial charge in [-0.05, 0) is 12.8 Å². The van der Waals surface area contributed by atoms with Gasteiger partial charge in [0.1, 0.15) is 12.1 Å². The highest BCUT2D eigenvalue weighted by atomic mass is 19.4. The van der Waals surface area contributed by atoms with Crippen LogP contribution in [-0.4, -0.2) is 47.6 Å². The Labute approximate surface area is 119 Å². The number of carbonyl (C=O) groups excluding carboxylic acids is 3. The first-order valence-corrected chi connectivity index (χ1v) is 6.71. The summed E-state index contributed by atoms with van der Waals surface area (Å²) in [5.41, 5.74) is -0.862. The van der Waals surface area contributed by atoms with Gasteiger partial charge in [-0.15, -0.1) is 0 Å². The van der Waals surface area contributed by atoms with Crippen molar-refractivity contribution >= 4 is 17.8 Å². The van der Waals surface area contributed by atoms with Gasteiger partial charge in [0.15, 0.2) is 0 Å². The second-order valence-corrected chi connectivity index (χ2v) is 5.32.